The normalized spacial score (nSPS) is 12.3. The van der Waals surface area contributed by atoms with Crippen LogP contribution in [0.2, 0.25) is 15.1 Å². The van der Waals surface area contributed by atoms with E-state index in [1.807, 2.05) is 19.9 Å². The molecule has 0 saturated heterocycles. The van der Waals surface area contributed by atoms with Crippen LogP contribution >= 0.6 is 50.7 Å². The Balaban J connectivity index is 1.73. The molecule has 3 aromatic carbocycles. The zero-order valence-corrected chi connectivity index (χ0v) is 24.0. The predicted octanol–water partition coefficient (Wildman–Crippen LogP) is 8.00. The maximum absolute atomic E-state index is 13.3. The molecule has 0 aliphatic carbocycles. The third kappa shape index (κ3) is 6.02. The summed E-state index contributed by atoms with van der Waals surface area (Å²) in [4.78, 5) is 29.2. The molecule has 0 aliphatic rings. The van der Waals surface area contributed by atoms with E-state index in [1.165, 1.54) is 23.0 Å². The van der Waals surface area contributed by atoms with Crippen LogP contribution in [0, 0.1) is 10.1 Å². The average Bonchev–Trinajstić information content (AvgIpc) is 2.87. The standard InChI is InChI=1S/C26H20BrCl3N4O4/c1-3-14(2)25-32-22-7-5-17(27)10-19(22)26(35)33(25)31-12-15-8-21(30)24(23(9-15)34(36)37)38-13-16-4-6-18(28)11-20(16)29/h4-12,14H,3,13H2,1-2H3/t14-/m0/s1. The maximum atomic E-state index is 13.3. The topological polar surface area (TPSA) is 99.6 Å². The van der Waals surface area contributed by atoms with Gasteiger partial charge in [-0.2, -0.15) is 9.78 Å². The first kappa shape index (κ1) is 28.0. The van der Waals surface area contributed by atoms with Gasteiger partial charge in [-0.3, -0.25) is 14.9 Å². The van der Waals surface area contributed by atoms with E-state index in [2.05, 4.69) is 26.0 Å². The van der Waals surface area contributed by atoms with E-state index < -0.39 is 4.92 Å². The van der Waals surface area contributed by atoms with E-state index in [0.29, 0.717) is 37.9 Å². The largest absolute Gasteiger partial charge is 0.481 e. The van der Waals surface area contributed by atoms with Gasteiger partial charge in [-0.15, -0.1) is 0 Å². The second kappa shape index (κ2) is 11.8. The smallest absolute Gasteiger partial charge is 0.313 e. The Morgan fingerprint density at radius 2 is 1.92 bits per heavy atom. The Morgan fingerprint density at radius 1 is 1.16 bits per heavy atom. The molecule has 4 aromatic rings. The number of nitro benzene ring substituents is 1. The molecule has 0 amide bonds. The molecule has 0 saturated carbocycles. The molecule has 0 aliphatic heterocycles. The van der Waals surface area contributed by atoms with Gasteiger partial charge >= 0.3 is 5.69 Å². The van der Waals surface area contributed by atoms with E-state index >= 15 is 0 Å². The summed E-state index contributed by atoms with van der Waals surface area (Å²) in [7, 11) is 0. The maximum Gasteiger partial charge on any atom is 0.313 e. The molecule has 0 fully saturated rings. The number of benzene rings is 3. The van der Waals surface area contributed by atoms with Crippen LogP contribution in [-0.4, -0.2) is 20.8 Å². The molecule has 12 heteroatoms. The van der Waals surface area contributed by atoms with Gasteiger partial charge in [0.25, 0.3) is 5.56 Å². The van der Waals surface area contributed by atoms with Gasteiger partial charge in [-0.1, -0.05) is 70.6 Å². The lowest BCUT2D eigenvalue weighted by molar-refractivity contribution is -0.385. The summed E-state index contributed by atoms with van der Waals surface area (Å²) in [6, 6.07) is 12.8. The Morgan fingerprint density at radius 3 is 2.61 bits per heavy atom. The minimum Gasteiger partial charge on any atom is -0.481 e. The summed E-state index contributed by atoms with van der Waals surface area (Å²) in [5, 5.41) is 17.4. The number of halogens is 4. The second-order valence-corrected chi connectivity index (χ2v) is 10.6. The van der Waals surface area contributed by atoms with Gasteiger partial charge in [0, 0.05) is 37.6 Å². The molecule has 0 spiro atoms. The Bertz CT molecular complexity index is 1640. The number of aromatic nitrogens is 2. The SMILES string of the molecule is CC[C@H](C)c1nc2ccc(Br)cc2c(=O)n1N=Cc1cc(Cl)c(OCc2ccc(Cl)cc2Cl)c([N+](=O)[O-])c1. The number of fused-ring (bicyclic) bond motifs is 1. The minimum absolute atomic E-state index is 0.000740. The Kier molecular flexibility index (Phi) is 8.72. The van der Waals surface area contributed by atoms with Crippen molar-refractivity contribution in [2.45, 2.75) is 32.8 Å². The molecule has 196 valence electrons. The van der Waals surface area contributed by atoms with Crippen molar-refractivity contribution in [2.24, 2.45) is 5.10 Å². The number of rotatable bonds is 8. The fourth-order valence-corrected chi connectivity index (χ4v) is 4.75. The highest BCUT2D eigenvalue weighted by atomic mass is 79.9. The summed E-state index contributed by atoms with van der Waals surface area (Å²) in [5.41, 5.74) is 0.720. The molecule has 38 heavy (non-hydrogen) atoms. The fraction of sp³-hybridized carbons (Fsp3) is 0.192. The first-order valence-electron chi connectivity index (χ1n) is 11.4. The van der Waals surface area contributed by atoms with Crippen LogP contribution in [-0.2, 0) is 6.61 Å². The first-order valence-corrected chi connectivity index (χ1v) is 13.3. The lowest BCUT2D eigenvalue weighted by Gasteiger charge is -2.14. The average molecular weight is 639 g/mol. The van der Waals surface area contributed by atoms with Gasteiger partial charge in [0.2, 0.25) is 5.75 Å². The van der Waals surface area contributed by atoms with Crippen LogP contribution in [0.1, 0.15) is 43.1 Å². The highest BCUT2D eigenvalue weighted by Crippen LogP contribution is 2.37. The van der Waals surface area contributed by atoms with E-state index in [1.54, 1.807) is 30.3 Å². The summed E-state index contributed by atoms with van der Waals surface area (Å²) in [6.45, 7) is 3.87. The monoisotopic (exact) mass is 636 g/mol. The van der Waals surface area contributed by atoms with E-state index in [4.69, 9.17) is 39.5 Å². The van der Waals surface area contributed by atoms with Crippen molar-refractivity contribution in [1.82, 2.24) is 9.66 Å². The van der Waals surface area contributed by atoms with Gasteiger partial charge in [0.1, 0.15) is 12.4 Å². The molecule has 0 bridgehead atoms. The lowest BCUT2D eigenvalue weighted by atomic mass is 10.1. The number of nitrogens with zero attached hydrogens (tertiary/aromatic N) is 4. The molecular formula is C26H20BrCl3N4O4. The molecule has 1 atom stereocenters. The fourth-order valence-electron chi connectivity index (χ4n) is 3.64. The molecule has 1 aromatic heterocycles. The van der Waals surface area contributed by atoms with Crippen molar-refractivity contribution in [2.75, 3.05) is 0 Å². The van der Waals surface area contributed by atoms with Crippen LogP contribution in [0.4, 0.5) is 5.69 Å². The van der Waals surface area contributed by atoms with Crippen LogP contribution in [0.3, 0.4) is 0 Å². The molecular weight excluding hydrogens is 619 g/mol. The third-order valence-corrected chi connectivity index (χ3v) is 7.20. The molecule has 1 heterocycles. The predicted molar refractivity (Wildman–Crippen MR) is 154 cm³/mol. The van der Waals surface area contributed by atoms with E-state index in [9.17, 15) is 14.9 Å². The zero-order chi connectivity index (χ0) is 27.6. The summed E-state index contributed by atoms with van der Waals surface area (Å²) in [6.07, 6.45) is 2.06. The number of ether oxygens (including phenoxy) is 1. The quantitative estimate of drug-likeness (QED) is 0.111. The second-order valence-electron chi connectivity index (χ2n) is 8.43. The highest BCUT2D eigenvalue weighted by Gasteiger charge is 2.21. The summed E-state index contributed by atoms with van der Waals surface area (Å²) < 4.78 is 7.63. The van der Waals surface area contributed by atoms with Crippen molar-refractivity contribution >= 4 is 73.5 Å². The number of hydrogen-bond donors (Lipinski definition) is 0. The molecule has 8 nitrogen and oxygen atoms in total. The minimum atomic E-state index is -0.603. The lowest BCUT2D eigenvalue weighted by Crippen LogP contribution is -2.23. The molecule has 0 N–H and O–H groups in total. The van der Waals surface area contributed by atoms with Gasteiger partial charge in [-0.05, 0) is 42.8 Å². The highest BCUT2D eigenvalue weighted by molar-refractivity contribution is 9.10. The zero-order valence-electron chi connectivity index (χ0n) is 20.1. The van der Waals surface area contributed by atoms with Crippen molar-refractivity contribution in [1.29, 1.82) is 0 Å². The van der Waals surface area contributed by atoms with Gasteiger partial charge in [0.05, 0.1) is 27.1 Å². The van der Waals surface area contributed by atoms with Crippen LogP contribution < -0.4 is 10.3 Å². The summed E-state index contributed by atoms with van der Waals surface area (Å²) in [5.74, 6) is 0.291. The van der Waals surface area contributed by atoms with Gasteiger partial charge in [0.15, 0.2) is 0 Å². The Hall–Kier alpha value is -2.98. The molecule has 4 rings (SSSR count). The van der Waals surface area contributed by atoms with Crippen molar-refractivity contribution < 1.29 is 9.66 Å². The van der Waals surface area contributed by atoms with E-state index in [-0.39, 0.29) is 34.5 Å². The van der Waals surface area contributed by atoms with Crippen molar-refractivity contribution in [3.8, 4) is 5.75 Å². The van der Waals surface area contributed by atoms with E-state index in [0.717, 1.165) is 10.9 Å². The van der Waals surface area contributed by atoms with Crippen LogP contribution in [0.25, 0.3) is 10.9 Å². The van der Waals surface area contributed by atoms with Gasteiger partial charge in [-0.25, -0.2) is 4.98 Å². The van der Waals surface area contributed by atoms with Crippen LogP contribution in [0.5, 0.6) is 5.75 Å². The summed E-state index contributed by atoms with van der Waals surface area (Å²) >= 11 is 21.9. The number of hydrogen-bond acceptors (Lipinski definition) is 6. The first-order chi connectivity index (χ1) is 18.1. The van der Waals surface area contributed by atoms with Crippen molar-refractivity contribution in [3.05, 3.63) is 105 Å². The molecule has 0 unspecified atom stereocenters. The third-order valence-electron chi connectivity index (χ3n) is 5.84. The van der Waals surface area contributed by atoms with Gasteiger partial charge < -0.3 is 4.74 Å². The van der Waals surface area contributed by atoms with Crippen LogP contribution in [0.15, 0.2) is 62.9 Å². The number of nitro groups is 1. The Labute approximate surface area is 241 Å². The molecule has 0 radical (unpaired) electrons. The van der Waals surface area contributed by atoms with Crippen molar-refractivity contribution in [3.63, 3.8) is 0 Å².